The largest absolute Gasteiger partial charge is 0.481 e. The third kappa shape index (κ3) is 5.42. The van der Waals surface area contributed by atoms with Gasteiger partial charge in [0.25, 0.3) is 0 Å². The van der Waals surface area contributed by atoms with Crippen molar-refractivity contribution in [2.45, 2.75) is 26.2 Å². The van der Waals surface area contributed by atoms with E-state index in [1.807, 2.05) is 0 Å². The highest BCUT2D eigenvalue weighted by atomic mass is 19.1. The second-order valence-corrected chi connectivity index (χ2v) is 8.04. The second-order valence-electron chi connectivity index (χ2n) is 8.04. The van der Waals surface area contributed by atoms with E-state index in [1.165, 1.54) is 36.4 Å². The predicted octanol–water partition coefficient (Wildman–Crippen LogP) is 5.35. The molecule has 1 aromatic heterocycles. The number of piperidine rings is 1. The predicted molar refractivity (Wildman–Crippen MR) is 116 cm³/mol. The normalized spacial score (nSPS) is 14.4. The summed E-state index contributed by atoms with van der Waals surface area (Å²) in [5.74, 6) is -2.13. The lowest BCUT2D eigenvalue weighted by molar-refractivity contribution is -0.138. The van der Waals surface area contributed by atoms with Gasteiger partial charge < -0.3 is 14.7 Å². The maximum absolute atomic E-state index is 15.0. The first-order chi connectivity index (χ1) is 15.8. The first-order valence-corrected chi connectivity index (χ1v) is 10.5. The van der Waals surface area contributed by atoms with E-state index in [0.29, 0.717) is 37.4 Å². The third-order valence-corrected chi connectivity index (χ3v) is 5.54. The number of benzene rings is 2. The van der Waals surface area contributed by atoms with Crippen molar-refractivity contribution in [3.05, 3.63) is 65.6 Å². The third-order valence-electron chi connectivity index (χ3n) is 5.54. The highest BCUT2D eigenvalue weighted by Gasteiger charge is 2.26. The lowest BCUT2D eigenvalue weighted by Crippen LogP contribution is -2.35. The second kappa shape index (κ2) is 9.48. The fourth-order valence-corrected chi connectivity index (χ4v) is 3.95. The number of anilines is 1. The summed E-state index contributed by atoms with van der Waals surface area (Å²) in [6.07, 6.45) is 1.17. The lowest BCUT2D eigenvalue weighted by Gasteiger charge is -2.33. The van der Waals surface area contributed by atoms with Crippen LogP contribution in [0.1, 0.15) is 25.0 Å². The van der Waals surface area contributed by atoms with Gasteiger partial charge in [-0.3, -0.25) is 4.79 Å². The van der Waals surface area contributed by atoms with Crippen LogP contribution in [0, 0.1) is 30.3 Å². The van der Waals surface area contributed by atoms with E-state index in [9.17, 15) is 18.0 Å². The molecule has 0 radical (unpaired) electrons. The molecule has 0 aliphatic carbocycles. The molecule has 33 heavy (non-hydrogen) atoms. The topological polar surface area (TPSA) is 75.5 Å². The van der Waals surface area contributed by atoms with Crippen LogP contribution in [0.5, 0.6) is 11.6 Å². The summed E-state index contributed by atoms with van der Waals surface area (Å²) in [7, 11) is 0. The number of nitrogens with zero attached hydrogens (tertiary/aromatic N) is 3. The molecule has 4 rings (SSSR count). The number of carboxylic acid groups (broad SMARTS) is 1. The molecule has 0 unspecified atom stereocenters. The molecule has 1 fully saturated rings. The smallest absolute Gasteiger partial charge is 0.303 e. The molecule has 0 spiro atoms. The number of halogens is 3. The number of hydrogen-bond donors (Lipinski definition) is 1. The monoisotopic (exact) mass is 457 g/mol. The van der Waals surface area contributed by atoms with Crippen LogP contribution in [0.3, 0.4) is 0 Å². The lowest BCUT2D eigenvalue weighted by atomic mass is 9.93. The molecule has 1 aliphatic heterocycles. The summed E-state index contributed by atoms with van der Waals surface area (Å²) < 4.78 is 48.7. The Balaban J connectivity index is 1.56. The average Bonchev–Trinajstić information content (AvgIpc) is 2.75. The van der Waals surface area contributed by atoms with Crippen LogP contribution >= 0.6 is 0 Å². The molecule has 0 amide bonds. The molecule has 0 bridgehead atoms. The number of aryl methyl sites for hydroxylation is 1. The van der Waals surface area contributed by atoms with Gasteiger partial charge in [-0.25, -0.2) is 18.2 Å². The van der Waals surface area contributed by atoms with Gasteiger partial charge in [-0.15, -0.1) is 0 Å². The van der Waals surface area contributed by atoms with Gasteiger partial charge in [0.05, 0.1) is 0 Å². The molecule has 0 atom stereocenters. The molecular weight excluding hydrogens is 435 g/mol. The van der Waals surface area contributed by atoms with E-state index in [-0.39, 0.29) is 35.3 Å². The van der Waals surface area contributed by atoms with Gasteiger partial charge >= 0.3 is 5.97 Å². The van der Waals surface area contributed by atoms with Crippen LogP contribution in [-0.2, 0) is 4.79 Å². The Morgan fingerprint density at radius 1 is 1.06 bits per heavy atom. The summed E-state index contributed by atoms with van der Waals surface area (Å²) >= 11 is 0. The zero-order valence-electron chi connectivity index (χ0n) is 17.9. The van der Waals surface area contributed by atoms with Gasteiger partial charge in [0, 0.05) is 36.8 Å². The fraction of sp³-hybridized carbons (Fsp3) is 0.292. The van der Waals surface area contributed by atoms with Crippen LogP contribution < -0.4 is 9.64 Å². The summed E-state index contributed by atoms with van der Waals surface area (Å²) in [6, 6.07) is 9.31. The Morgan fingerprint density at radius 2 is 1.70 bits per heavy atom. The molecule has 1 N–H and O–H groups in total. The molecule has 0 saturated carbocycles. The molecule has 6 nitrogen and oxygen atoms in total. The minimum absolute atomic E-state index is 0.00404. The fourth-order valence-electron chi connectivity index (χ4n) is 3.95. The minimum atomic E-state index is -0.865. The number of rotatable bonds is 6. The molecular formula is C24H22F3N3O3. The minimum Gasteiger partial charge on any atom is -0.481 e. The first-order valence-electron chi connectivity index (χ1n) is 10.5. The highest BCUT2D eigenvalue weighted by Crippen LogP contribution is 2.33. The van der Waals surface area contributed by atoms with Crippen molar-refractivity contribution in [1.82, 2.24) is 9.97 Å². The summed E-state index contributed by atoms with van der Waals surface area (Å²) in [5.41, 5.74) is 0.549. The summed E-state index contributed by atoms with van der Waals surface area (Å²) in [6.45, 7) is 2.45. The Hall–Kier alpha value is -3.62. The van der Waals surface area contributed by atoms with Crippen LogP contribution in [0.15, 0.2) is 42.5 Å². The van der Waals surface area contributed by atoms with E-state index >= 15 is 0 Å². The number of carbonyl (C=O) groups is 1. The molecule has 1 saturated heterocycles. The van der Waals surface area contributed by atoms with Gasteiger partial charge in [-0.05, 0) is 62.1 Å². The zero-order valence-corrected chi connectivity index (χ0v) is 17.9. The first kappa shape index (κ1) is 22.6. The van der Waals surface area contributed by atoms with Gasteiger partial charge in [0.2, 0.25) is 5.88 Å². The van der Waals surface area contributed by atoms with Crippen molar-refractivity contribution < 1.29 is 27.8 Å². The van der Waals surface area contributed by atoms with Crippen LogP contribution in [0.4, 0.5) is 18.9 Å². The molecule has 172 valence electrons. The highest BCUT2D eigenvalue weighted by molar-refractivity contribution is 5.67. The van der Waals surface area contributed by atoms with E-state index in [0.717, 1.165) is 0 Å². The van der Waals surface area contributed by atoms with Gasteiger partial charge in [-0.2, -0.15) is 4.98 Å². The van der Waals surface area contributed by atoms with E-state index in [4.69, 9.17) is 9.84 Å². The maximum Gasteiger partial charge on any atom is 0.303 e. The Morgan fingerprint density at radius 3 is 2.30 bits per heavy atom. The number of ether oxygens (including phenoxy) is 1. The standard InChI is InChI=1S/C24H22F3N3O3/c1-14-10-21(33-18-4-2-17(25)3-5-18)29-24(28-14)16-12-19(26)23(20(27)13-16)30-8-6-15(7-9-30)11-22(31)32/h2-5,10,12-13,15H,6-9,11H2,1H3,(H,31,32). The summed E-state index contributed by atoms with van der Waals surface area (Å²) in [5, 5.41) is 8.94. The quantitative estimate of drug-likeness (QED) is 0.538. The van der Waals surface area contributed by atoms with Crippen LogP contribution in [0.25, 0.3) is 11.4 Å². The molecule has 1 aliphatic rings. The number of carboxylic acids is 1. The molecule has 9 heteroatoms. The Bertz CT molecular complexity index is 1140. The van der Waals surface area contributed by atoms with Gasteiger partial charge in [0.15, 0.2) is 5.82 Å². The molecule has 3 aromatic rings. The van der Waals surface area contributed by atoms with Crippen molar-refractivity contribution in [3.63, 3.8) is 0 Å². The van der Waals surface area contributed by atoms with E-state index in [2.05, 4.69) is 9.97 Å². The van der Waals surface area contributed by atoms with Crippen molar-refractivity contribution in [3.8, 4) is 23.0 Å². The van der Waals surface area contributed by atoms with E-state index < -0.39 is 23.4 Å². The molecule has 2 aromatic carbocycles. The zero-order chi connectivity index (χ0) is 23.5. The maximum atomic E-state index is 15.0. The van der Waals surface area contributed by atoms with Gasteiger partial charge in [0.1, 0.15) is 28.9 Å². The number of aromatic nitrogens is 2. The number of hydrogen-bond acceptors (Lipinski definition) is 5. The van der Waals surface area contributed by atoms with Crippen molar-refractivity contribution >= 4 is 11.7 Å². The Kier molecular flexibility index (Phi) is 6.48. The SMILES string of the molecule is Cc1cc(Oc2ccc(F)cc2)nc(-c2cc(F)c(N3CCC(CC(=O)O)CC3)c(F)c2)n1. The average molecular weight is 457 g/mol. The van der Waals surface area contributed by atoms with Gasteiger partial charge in [-0.1, -0.05) is 0 Å². The Labute approximate surface area is 188 Å². The van der Waals surface area contributed by atoms with Crippen LogP contribution in [-0.4, -0.2) is 34.1 Å². The van der Waals surface area contributed by atoms with Crippen molar-refractivity contribution in [2.24, 2.45) is 5.92 Å². The van der Waals surface area contributed by atoms with E-state index in [1.54, 1.807) is 17.9 Å². The van der Waals surface area contributed by atoms with Crippen molar-refractivity contribution in [2.75, 3.05) is 18.0 Å². The van der Waals surface area contributed by atoms with Crippen LogP contribution in [0.2, 0.25) is 0 Å². The van der Waals surface area contributed by atoms with Crippen molar-refractivity contribution in [1.29, 1.82) is 0 Å². The molecule has 2 heterocycles. The number of aliphatic carboxylic acids is 1. The summed E-state index contributed by atoms with van der Waals surface area (Å²) in [4.78, 5) is 21.0.